The van der Waals surface area contributed by atoms with E-state index in [1.165, 1.54) is 7.11 Å². The van der Waals surface area contributed by atoms with Gasteiger partial charge in [-0.2, -0.15) is 0 Å². The number of hydrogen-bond acceptors (Lipinski definition) is 6. The van der Waals surface area contributed by atoms with Crippen molar-refractivity contribution in [2.75, 3.05) is 51.5 Å². The molecule has 4 rings (SSSR count). The normalized spacial score (nSPS) is 18.5. The van der Waals surface area contributed by atoms with E-state index in [9.17, 15) is 9.59 Å². The zero-order valence-electron chi connectivity index (χ0n) is 18.4. The lowest BCUT2D eigenvalue weighted by Crippen LogP contribution is -2.43. The molecule has 0 spiro atoms. The first-order chi connectivity index (χ1) is 15.6. The Hall–Kier alpha value is -2.71. The SMILES string of the molecule is COc1cc(C(=O)N2CCC(C)Sc3ccccc32)ccc1OCC(=O)N1CCOCC1. The van der Waals surface area contributed by atoms with E-state index in [-0.39, 0.29) is 18.4 Å². The largest absolute Gasteiger partial charge is 0.493 e. The van der Waals surface area contributed by atoms with E-state index in [1.807, 2.05) is 23.1 Å². The summed E-state index contributed by atoms with van der Waals surface area (Å²) in [7, 11) is 1.53. The monoisotopic (exact) mass is 456 g/mol. The molecule has 0 saturated carbocycles. The van der Waals surface area contributed by atoms with Gasteiger partial charge in [-0.3, -0.25) is 9.59 Å². The molecule has 32 heavy (non-hydrogen) atoms. The highest BCUT2D eigenvalue weighted by Gasteiger charge is 2.26. The Labute approximate surface area is 192 Å². The van der Waals surface area contributed by atoms with Crippen molar-refractivity contribution in [3.63, 3.8) is 0 Å². The lowest BCUT2D eigenvalue weighted by molar-refractivity contribution is -0.137. The molecule has 2 aromatic rings. The second kappa shape index (κ2) is 10.3. The van der Waals surface area contributed by atoms with Crippen LogP contribution in [0.25, 0.3) is 0 Å². The first kappa shape index (κ1) is 22.5. The summed E-state index contributed by atoms with van der Waals surface area (Å²) in [5, 5.41) is 0.434. The minimum Gasteiger partial charge on any atom is -0.493 e. The smallest absolute Gasteiger partial charge is 0.260 e. The quantitative estimate of drug-likeness (QED) is 0.686. The highest BCUT2D eigenvalue weighted by molar-refractivity contribution is 8.00. The molecule has 2 heterocycles. The van der Waals surface area contributed by atoms with Gasteiger partial charge in [-0.15, -0.1) is 11.8 Å². The number of amides is 2. The van der Waals surface area contributed by atoms with Crippen molar-refractivity contribution in [3.8, 4) is 11.5 Å². The van der Waals surface area contributed by atoms with E-state index < -0.39 is 0 Å². The second-order valence-corrected chi connectivity index (χ2v) is 9.27. The number of rotatable bonds is 5. The van der Waals surface area contributed by atoms with Gasteiger partial charge in [0, 0.05) is 35.3 Å². The van der Waals surface area contributed by atoms with Gasteiger partial charge in [-0.25, -0.2) is 0 Å². The minimum absolute atomic E-state index is 0.0820. The van der Waals surface area contributed by atoms with Crippen molar-refractivity contribution >= 4 is 29.3 Å². The standard InChI is InChI=1S/C24H28N2O5S/c1-17-9-10-26(19-5-3-4-6-22(19)32-17)24(28)18-7-8-20(21(15-18)29-2)31-16-23(27)25-11-13-30-14-12-25/h3-8,15,17H,9-14,16H2,1-2H3. The number of benzene rings is 2. The van der Waals surface area contributed by atoms with Crippen LogP contribution in [0.15, 0.2) is 47.4 Å². The van der Waals surface area contributed by atoms with Gasteiger partial charge < -0.3 is 24.0 Å². The van der Waals surface area contributed by atoms with Crippen LogP contribution in [0.2, 0.25) is 0 Å². The molecule has 170 valence electrons. The predicted octanol–water partition coefficient (Wildman–Crippen LogP) is 3.46. The van der Waals surface area contributed by atoms with E-state index in [4.69, 9.17) is 14.2 Å². The molecular weight excluding hydrogens is 428 g/mol. The fraction of sp³-hybridized carbons (Fsp3) is 0.417. The zero-order chi connectivity index (χ0) is 22.5. The highest BCUT2D eigenvalue weighted by atomic mass is 32.2. The van der Waals surface area contributed by atoms with Gasteiger partial charge in [0.05, 0.1) is 26.0 Å². The summed E-state index contributed by atoms with van der Waals surface area (Å²) in [6, 6.07) is 13.1. The summed E-state index contributed by atoms with van der Waals surface area (Å²) < 4.78 is 16.5. The molecule has 2 aliphatic rings. The fourth-order valence-electron chi connectivity index (χ4n) is 3.82. The molecule has 0 aliphatic carbocycles. The Morgan fingerprint density at radius 2 is 1.88 bits per heavy atom. The number of fused-ring (bicyclic) bond motifs is 1. The number of para-hydroxylation sites is 1. The van der Waals surface area contributed by atoms with E-state index in [0.29, 0.717) is 55.2 Å². The lowest BCUT2D eigenvalue weighted by atomic mass is 10.1. The van der Waals surface area contributed by atoms with E-state index in [1.54, 1.807) is 34.9 Å². The Morgan fingerprint density at radius 1 is 1.09 bits per heavy atom. The number of thioether (sulfide) groups is 1. The molecule has 2 aliphatic heterocycles. The molecule has 2 amide bonds. The van der Waals surface area contributed by atoms with Gasteiger partial charge >= 0.3 is 0 Å². The maximum Gasteiger partial charge on any atom is 0.260 e. The van der Waals surface area contributed by atoms with Crippen molar-refractivity contribution in [2.45, 2.75) is 23.5 Å². The molecule has 2 aromatic carbocycles. The van der Waals surface area contributed by atoms with Crippen LogP contribution in [0.4, 0.5) is 5.69 Å². The van der Waals surface area contributed by atoms with Crippen molar-refractivity contribution in [3.05, 3.63) is 48.0 Å². The van der Waals surface area contributed by atoms with Crippen molar-refractivity contribution in [1.29, 1.82) is 0 Å². The highest BCUT2D eigenvalue weighted by Crippen LogP contribution is 2.38. The topological polar surface area (TPSA) is 68.3 Å². The first-order valence-electron chi connectivity index (χ1n) is 10.8. The number of methoxy groups -OCH3 is 1. The van der Waals surface area contributed by atoms with Crippen LogP contribution in [0.3, 0.4) is 0 Å². The third kappa shape index (κ3) is 5.02. The Kier molecular flexibility index (Phi) is 7.22. The van der Waals surface area contributed by atoms with Crippen LogP contribution >= 0.6 is 11.8 Å². The summed E-state index contributed by atoms with van der Waals surface area (Å²) >= 11 is 1.80. The summed E-state index contributed by atoms with van der Waals surface area (Å²) in [5.74, 6) is 0.687. The van der Waals surface area contributed by atoms with E-state index in [2.05, 4.69) is 13.0 Å². The number of hydrogen-bond donors (Lipinski definition) is 0. The molecule has 1 saturated heterocycles. The van der Waals surface area contributed by atoms with Gasteiger partial charge in [-0.1, -0.05) is 19.1 Å². The summed E-state index contributed by atoms with van der Waals surface area (Å²) in [5.41, 5.74) is 1.45. The summed E-state index contributed by atoms with van der Waals surface area (Å²) in [6.45, 7) is 4.98. The van der Waals surface area contributed by atoms with Crippen LogP contribution in [0.1, 0.15) is 23.7 Å². The fourth-order valence-corrected chi connectivity index (χ4v) is 4.93. The molecule has 0 N–H and O–H groups in total. The number of ether oxygens (including phenoxy) is 3. The molecule has 0 radical (unpaired) electrons. The number of carbonyl (C=O) groups is 2. The molecule has 0 bridgehead atoms. The van der Waals surface area contributed by atoms with Crippen molar-refractivity contribution < 1.29 is 23.8 Å². The van der Waals surface area contributed by atoms with Gasteiger partial charge in [0.15, 0.2) is 18.1 Å². The van der Waals surface area contributed by atoms with Crippen molar-refractivity contribution in [2.24, 2.45) is 0 Å². The van der Waals surface area contributed by atoms with Crippen LogP contribution in [-0.2, 0) is 9.53 Å². The zero-order valence-corrected chi connectivity index (χ0v) is 19.2. The Bertz CT molecular complexity index is 977. The van der Waals surface area contributed by atoms with E-state index >= 15 is 0 Å². The first-order valence-corrected chi connectivity index (χ1v) is 11.7. The molecule has 7 nitrogen and oxygen atoms in total. The number of morpholine rings is 1. The summed E-state index contributed by atoms with van der Waals surface area (Å²) in [6.07, 6.45) is 0.910. The lowest BCUT2D eigenvalue weighted by Gasteiger charge is -2.27. The third-order valence-corrected chi connectivity index (χ3v) is 6.85. The van der Waals surface area contributed by atoms with Gasteiger partial charge in [0.1, 0.15) is 0 Å². The van der Waals surface area contributed by atoms with Gasteiger partial charge in [-0.05, 0) is 36.8 Å². The molecular formula is C24H28N2O5S. The molecule has 1 unspecified atom stereocenters. The number of nitrogens with zero attached hydrogens (tertiary/aromatic N) is 2. The van der Waals surface area contributed by atoms with Gasteiger partial charge in [0.2, 0.25) is 0 Å². The van der Waals surface area contributed by atoms with Crippen LogP contribution in [-0.4, -0.2) is 68.5 Å². The molecule has 8 heteroatoms. The van der Waals surface area contributed by atoms with Crippen molar-refractivity contribution in [1.82, 2.24) is 4.90 Å². The van der Waals surface area contributed by atoms with Crippen LogP contribution in [0, 0.1) is 0 Å². The molecule has 0 aromatic heterocycles. The minimum atomic E-state index is -0.0942. The maximum absolute atomic E-state index is 13.4. The van der Waals surface area contributed by atoms with Crippen LogP contribution < -0.4 is 14.4 Å². The predicted molar refractivity (Wildman–Crippen MR) is 124 cm³/mol. The third-order valence-electron chi connectivity index (χ3n) is 5.61. The average Bonchev–Trinajstić information content (AvgIpc) is 3.00. The van der Waals surface area contributed by atoms with E-state index in [0.717, 1.165) is 17.0 Å². The Balaban J connectivity index is 1.50. The number of anilines is 1. The molecule has 1 atom stereocenters. The number of carbonyl (C=O) groups excluding carboxylic acids is 2. The maximum atomic E-state index is 13.4. The van der Waals surface area contributed by atoms with Crippen LogP contribution in [0.5, 0.6) is 11.5 Å². The second-order valence-electron chi connectivity index (χ2n) is 7.79. The Morgan fingerprint density at radius 3 is 2.66 bits per heavy atom. The summed E-state index contributed by atoms with van der Waals surface area (Å²) in [4.78, 5) is 30.5. The average molecular weight is 457 g/mol. The van der Waals surface area contributed by atoms with Gasteiger partial charge in [0.25, 0.3) is 11.8 Å². The molecule has 1 fully saturated rings.